The molecule has 1 heterocycles. The van der Waals surface area contributed by atoms with Gasteiger partial charge in [0.2, 0.25) is 15.9 Å². The summed E-state index contributed by atoms with van der Waals surface area (Å²) in [5.41, 5.74) is 1.79. The highest BCUT2D eigenvalue weighted by Crippen LogP contribution is 2.25. The fourth-order valence-corrected chi connectivity index (χ4v) is 3.70. The Morgan fingerprint density at radius 2 is 2.00 bits per heavy atom. The first-order valence-corrected chi connectivity index (χ1v) is 9.63. The first-order chi connectivity index (χ1) is 10.8. The van der Waals surface area contributed by atoms with Crippen LogP contribution in [0.5, 0.6) is 5.75 Å². The number of ether oxygens (including phenoxy) is 1. The van der Waals surface area contributed by atoms with Crippen molar-refractivity contribution in [3.05, 3.63) is 23.8 Å². The Bertz CT molecular complexity index is 665. The lowest BCUT2D eigenvalue weighted by Crippen LogP contribution is -2.40. The number of anilines is 1. The summed E-state index contributed by atoms with van der Waals surface area (Å²) >= 11 is 0. The Labute approximate surface area is 137 Å². The van der Waals surface area contributed by atoms with Crippen LogP contribution in [-0.2, 0) is 21.2 Å². The zero-order valence-electron chi connectivity index (χ0n) is 13.8. The standard InChI is InChI=1S/C16H24N2O4S/c1-4-12-11-14(5-6-15(12)22-2)17-16(19)13-7-9-18(10-8-13)23(3,20)21/h5-6,11,13H,4,7-10H2,1-3H3,(H,17,19). The second-order valence-corrected chi connectivity index (χ2v) is 7.79. The van der Waals surface area contributed by atoms with Gasteiger partial charge in [-0.15, -0.1) is 0 Å². The van der Waals surface area contributed by atoms with E-state index in [4.69, 9.17) is 4.74 Å². The number of sulfonamides is 1. The molecule has 1 aliphatic rings. The van der Waals surface area contributed by atoms with Gasteiger partial charge in [-0.3, -0.25) is 4.79 Å². The van der Waals surface area contributed by atoms with Crippen molar-refractivity contribution in [2.24, 2.45) is 5.92 Å². The largest absolute Gasteiger partial charge is 0.496 e. The molecule has 0 unspecified atom stereocenters. The molecule has 1 N–H and O–H groups in total. The number of piperidine rings is 1. The van der Waals surface area contributed by atoms with E-state index in [1.54, 1.807) is 7.11 Å². The third-order valence-electron chi connectivity index (χ3n) is 4.22. The van der Waals surface area contributed by atoms with E-state index in [1.807, 2.05) is 25.1 Å². The Morgan fingerprint density at radius 1 is 1.35 bits per heavy atom. The molecule has 0 radical (unpaired) electrons. The fourth-order valence-electron chi connectivity index (χ4n) is 2.83. The van der Waals surface area contributed by atoms with Crippen LogP contribution in [0.2, 0.25) is 0 Å². The topological polar surface area (TPSA) is 75.7 Å². The average Bonchev–Trinajstić information content (AvgIpc) is 2.54. The molecule has 1 amide bonds. The molecule has 0 saturated carbocycles. The molecule has 0 spiro atoms. The molecule has 0 aromatic heterocycles. The Kier molecular flexibility index (Phi) is 5.64. The molecule has 128 valence electrons. The van der Waals surface area contributed by atoms with Gasteiger partial charge in [-0.05, 0) is 43.0 Å². The van der Waals surface area contributed by atoms with E-state index in [2.05, 4.69) is 5.32 Å². The molecular weight excluding hydrogens is 316 g/mol. The smallest absolute Gasteiger partial charge is 0.227 e. The number of carbonyl (C=O) groups is 1. The molecular formula is C16H24N2O4S. The summed E-state index contributed by atoms with van der Waals surface area (Å²) in [7, 11) is -1.54. The Morgan fingerprint density at radius 3 is 2.52 bits per heavy atom. The summed E-state index contributed by atoms with van der Waals surface area (Å²) in [4.78, 5) is 12.4. The van der Waals surface area contributed by atoms with Crippen LogP contribution < -0.4 is 10.1 Å². The van der Waals surface area contributed by atoms with Crippen molar-refractivity contribution in [1.29, 1.82) is 0 Å². The SMILES string of the molecule is CCc1cc(NC(=O)C2CCN(S(C)(=O)=O)CC2)ccc1OC. The van der Waals surface area contributed by atoms with Crippen molar-refractivity contribution in [3.8, 4) is 5.75 Å². The average molecular weight is 340 g/mol. The van der Waals surface area contributed by atoms with Gasteiger partial charge in [0.25, 0.3) is 0 Å². The van der Waals surface area contributed by atoms with Crippen LogP contribution in [0.3, 0.4) is 0 Å². The molecule has 1 fully saturated rings. The lowest BCUT2D eigenvalue weighted by Gasteiger charge is -2.29. The monoisotopic (exact) mass is 340 g/mol. The van der Waals surface area contributed by atoms with E-state index in [0.717, 1.165) is 23.4 Å². The van der Waals surface area contributed by atoms with Crippen molar-refractivity contribution < 1.29 is 17.9 Å². The molecule has 23 heavy (non-hydrogen) atoms. The van der Waals surface area contributed by atoms with Crippen LogP contribution in [0.15, 0.2) is 18.2 Å². The van der Waals surface area contributed by atoms with Gasteiger partial charge in [-0.2, -0.15) is 0 Å². The maximum atomic E-state index is 12.4. The van der Waals surface area contributed by atoms with Crippen LogP contribution in [0.25, 0.3) is 0 Å². The summed E-state index contributed by atoms with van der Waals surface area (Å²) in [6.45, 7) is 2.84. The quantitative estimate of drug-likeness (QED) is 0.888. The van der Waals surface area contributed by atoms with Crippen molar-refractivity contribution in [2.75, 3.05) is 31.8 Å². The van der Waals surface area contributed by atoms with Gasteiger partial charge in [0, 0.05) is 24.7 Å². The molecule has 2 rings (SSSR count). The highest BCUT2D eigenvalue weighted by molar-refractivity contribution is 7.88. The van der Waals surface area contributed by atoms with Gasteiger partial charge < -0.3 is 10.1 Å². The summed E-state index contributed by atoms with van der Waals surface area (Å²) in [5, 5.41) is 2.93. The fraction of sp³-hybridized carbons (Fsp3) is 0.562. The van der Waals surface area contributed by atoms with E-state index in [0.29, 0.717) is 25.9 Å². The zero-order valence-corrected chi connectivity index (χ0v) is 14.6. The van der Waals surface area contributed by atoms with Crippen molar-refractivity contribution in [3.63, 3.8) is 0 Å². The maximum Gasteiger partial charge on any atom is 0.227 e. The van der Waals surface area contributed by atoms with Gasteiger partial charge in [0.1, 0.15) is 5.75 Å². The summed E-state index contributed by atoms with van der Waals surface area (Å²) in [6.07, 6.45) is 3.13. The van der Waals surface area contributed by atoms with Crippen LogP contribution in [0, 0.1) is 5.92 Å². The number of rotatable bonds is 5. The Hall–Kier alpha value is -1.60. The second kappa shape index (κ2) is 7.31. The van der Waals surface area contributed by atoms with Gasteiger partial charge in [0.05, 0.1) is 13.4 Å². The molecule has 1 aromatic rings. The minimum atomic E-state index is -3.16. The number of methoxy groups -OCH3 is 1. The van der Waals surface area contributed by atoms with E-state index >= 15 is 0 Å². The van der Waals surface area contributed by atoms with Crippen molar-refractivity contribution in [2.45, 2.75) is 26.2 Å². The van der Waals surface area contributed by atoms with Gasteiger partial charge in [0.15, 0.2) is 0 Å². The van der Waals surface area contributed by atoms with Gasteiger partial charge >= 0.3 is 0 Å². The number of hydrogen-bond acceptors (Lipinski definition) is 4. The first-order valence-electron chi connectivity index (χ1n) is 7.78. The number of benzene rings is 1. The number of amides is 1. The van der Waals surface area contributed by atoms with E-state index in [-0.39, 0.29) is 11.8 Å². The number of hydrogen-bond donors (Lipinski definition) is 1. The van der Waals surface area contributed by atoms with E-state index in [1.165, 1.54) is 10.6 Å². The first kappa shape index (κ1) is 17.7. The van der Waals surface area contributed by atoms with Gasteiger partial charge in [-0.25, -0.2) is 12.7 Å². The van der Waals surface area contributed by atoms with E-state index < -0.39 is 10.0 Å². The third-order valence-corrected chi connectivity index (χ3v) is 5.53. The van der Waals surface area contributed by atoms with Crippen LogP contribution in [0.1, 0.15) is 25.3 Å². The highest BCUT2D eigenvalue weighted by Gasteiger charge is 2.28. The zero-order chi connectivity index (χ0) is 17.0. The molecule has 6 nitrogen and oxygen atoms in total. The summed E-state index contributed by atoms with van der Waals surface area (Å²) in [6, 6.07) is 5.59. The maximum absolute atomic E-state index is 12.4. The van der Waals surface area contributed by atoms with Crippen molar-refractivity contribution >= 4 is 21.6 Å². The van der Waals surface area contributed by atoms with Gasteiger partial charge in [-0.1, -0.05) is 6.92 Å². The lowest BCUT2D eigenvalue weighted by molar-refractivity contribution is -0.120. The highest BCUT2D eigenvalue weighted by atomic mass is 32.2. The molecule has 0 atom stereocenters. The number of nitrogens with one attached hydrogen (secondary N) is 1. The predicted molar refractivity (Wildman–Crippen MR) is 90.1 cm³/mol. The van der Waals surface area contributed by atoms with Crippen LogP contribution in [-0.4, -0.2) is 45.1 Å². The van der Waals surface area contributed by atoms with Crippen molar-refractivity contribution in [1.82, 2.24) is 4.31 Å². The molecule has 1 saturated heterocycles. The minimum absolute atomic E-state index is 0.0506. The molecule has 7 heteroatoms. The number of carbonyl (C=O) groups excluding carboxylic acids is 1. The number of aryl methyl sites for hydroxylation is 1. The van der Waals surface area contributed by atoms with E-state index in [9.17, 15) is 13.2 Å². The molecule has 0 aliphatic carbocycles. The lowest BCUT2D eigenvalue weighted by atomic mass is 9.97. The second-order valence-electron chi connectivity index (χ2n) is 5.81. The van der Waals surface area contributed by atoms with Crippen LogP contribution in [0.4, 0.5) is 5.69 Å². The predicted octanol–water partition coefficient (Wildman–Crippen LogP) is 1.87. The Balaban J connectivity index is 1.98. The third kappa shape index (κ3) is 4.45. The molecule has 1 aromatic carbocycles. The molecule has 1 aliphatic heterocycles. The minimum Gasteiger partial charge on any atom is -0.496 e. The molecule has 0 bridgehead atoms. The number of nitrogens with zero attached hydrogens (tertiary/aromatic N) is 1. The summed E-state index contributed by atoms with van der Waals surface area (Å²) in [5.74, 6) is 0.609. The normalized spacial score (nSPS) is 17.0. The summed E-state index contributed by atoms with van der Waals surface area (Å²) < 4.78 is 29.7. The van der Waals surface area contributed by atoms with Crippen LogP contribution >= 0.6 is 0 Å².